The number of hydrogen-bond donors (Lipinski definition) is 0. The maximum atomic E-state index is 13.7. The van der Waals surface area contributed by atoms with E-state index in [2.05, 4.69) is 11.7 Å². The largest absolute Gasteiger partial charge is 0.380 e. The van der Waals surface area contributed by atoms with Gasteiger partial charge in [0, 0.05) is 13.5 Å². The predicted molar refractivity (Wildman–Crippen MR) is 89.7 cm³/mol. The summed E-state index contributed by atoms with van der Waals surface area (Å²) in [6.45, 7) is 6.74. The maximum Gasteiger partial charge on any atom is 0.346 e. The first-order valence-electron chi connectivity index (χ1n) is 8.10. The standard InChI is InChI=1S/C18H22FN3O2/c1-12(11-24-3)6-7-21-18(23)22-16(4-5-17(22)20-21)14-8-13(2)9-15(19)10-14/h8-10,16H,1,4-7,11H2,2-3H3. The minimum Gasteiger partial charge on any atom is -0.380 e. The Morgan fingerprint density at radius 1 is 1.46 bits per heavy atom. The van der Waals surface area contributed by atoms with Crippen molar-refractivity contribution in [1.82, 2.24) is 14.3 Å². The van der Waals surface area contributed by atoms with E-state index in [0.717, 1.165) is 35.4 Å². The number of fused-ring (bicyclic) bond motifs is 1. The smallest absolute Gasteiger partial charge is 0.346 e. The molecule has 0 amide bonds. The van der Waals surface area contributed by atoms with Crippen LogP contribution in [0.3, 0.4) is 0 Å². The number of halogens is 1. The molecule has 0 spiro atoms. The molecule has 24 heavy (non-hydrogen) atoms. The van der Waals surface area contributed by atoms with Gasteiger partial charge in [0.1, 0.15) is 11.6 Å². The molecule has 1 aliphatic heterocycles. The van der Waals surface area contributed by atoms with Crippen LogP contribution < -0.4 is 5.69 Å². The molecule has 0 saturated heterocycles. The van der Waals surface area contributed by atoms with E-state index in [-0.39, 0.29) is 17.5 Å². The zero-order valence-electron chi connectivity index (χ0n) is 14.1. The lowest BCUT2D eigenvalue weighted by Gasteiger charge is -2.13. The molecule has 3 rings (SSSR count). The van der Waals surface area contributed by atoms with Crippen molar-refractivity contribution in [2.45, 2.75) is 38.8 Å². The van der Waals surface area contributed by atoms with Gasteiger partial charge in [0.25, 0.3) is 0 Å². The minimum absolute atomic E-state index is 0.139. The highest BCUT2D eigenvalue weighted by molar-refractivity contribution is 5.28. The number of ether oxygens (including phenoxy) is 1. The van der Waals surface area contributed by atoms with Gasteiger partial charge >= 0.3 is 5.69 Å². The molecular weight excluding hydrogens is 309 g/mol. The minimum atomic E-state index is -0.269. The van der Waals surface area contributed by atoms with Crippen LogP contribution in [0.15, 0.2) is 35.1 Å². The van der Waals surface area contributed by atoms with Crippen molar-refractivity contribution in [3.63, 3.8) is 0 Å². The molecule has 2 aromatic rings. The van der Waals surface area contributed by atoms with Gasteiger partial charge in [0.2, 0.25) is 0 Å². The van der Waals surface area contributed by atoms with Crippen LogP contribution in [0.2, 0.25) is 0 Å². The van der Waals surface area contributed by atoms with Gasteiger partial charge in [-0.1, -0.05) is 18.2 Å². The van der Waals surface area contributed by atoms with Crippen molar-refractivity contribution >= 4 is 0 Å². The third-order valence-corrected chi connectivity index (χ3v) is 4.37. The second-order valence-electron chi connectivity index (χ2n) is 6.34. The Bertz CT molecular complexity index is 802. The van der Waals surface area contributed by atoms with E-state index in [0.29, 0.717) is 19.6 Å². The summed E-state index contributed by atoms with van der Waals surface area (Å²) >= 11 is 0. The van der Waals surface area contributed by atoms with E-state index in [9.17, 15) is 9.18 Å². The average Bonchev–Trinajstić information content (AvgIpc) is 3.05. The zero-order valence-corrected chi connectivity index (χ0v) is 14.1. The van der Waals surface area contributed by atoms with Gasteiger partial charge in [-0.15, -0.1) is 0 Å². The first kappa shape index (κ1) is 16.6. The number of nitrogens with zero attached hydrogens (tertiary/aromatic N) is 3. The van der Waals surface area contributed by atoms with Gasteiger partial charge in [-0.3, -0.25) is 4.57 Å². The Balaban J connectivity index is 1.86. The Morgan fingerprint density at radius 2 is 2.25 bits per heavy atom. The van der Waals surface area contributed by atoms with Crippen molar-refractivity contribution in [3.05, 3.63) is 63.6 Å². The molecule has 0 saturated carbocycles. The number of aryl methyl sites for hydroxylation is 3. The highest BCUT2D eigenvalue weighted by Gasteiger charge is 2.29. The highest BCUT2D eigenvalue weighted by atomic mass is 19.1. The van der Waals surface area contributed by atoms with E-state index < -0.39 is 0 Å². The van der Waals surface area contributed by atoms with E-state index >= 15 is 0 Å². The average molecular weight is 331 g/mol. The highest BCUT2D eigenvalue weighted by Crippen LogP contribution is 2.30. The van der Waals surface area contributed by atoms with Crippen molar-refractivity contribution < 1.29 is 9.13 Å². The summed E-state index contributed by atoms with van der Waals surface area (Å²) in [6, 6.07) is 4.80. The molecule has 6 heteroatoms. The molecule has 0 radical (unpaired) electrons. The van der Waals surface area contributed by atoms with E-state index in [1.165, 1.54) is 16.8 Å². The summed E-state index contributed by atoms with van der Waals surface area (Å²) in [7, 11) is 1.62. The monoisotopic (exact) mass is 331 g/mol. The van der Waals surface area contributed by atoms with Crippen LogP contribution in [-0.2, 0) is 17.7 Å². The third kappa shape index (κ3) is 3.19. The molecular formula is C18H22FN3O2. The van der Waals surface area contributed by atoms with Crippen LogP contribution in [0.5, 0.6) is 0 Å². The Hall–Kier alpha value is -2.21. The molecule has 1 unspecified atom stereocenters. The Kier molecular flexibility index (Phi) is 4.66. The van der Waals surface area contributed by atoms with E-state index in [4.69, 9.17) is 4.74 Å². The quantitative estimate of drug-likeness (QED) is 0.765. The number of methoxy groups -OCH3 is 1. The lowest BCUT2D eigenvalue weighted by molar-refractivity contribution is 0.222. The summed E-state index contributed by atoms with van der Waals surface area (Å²) in [6.07, 6.45) is 2.15. The summed E-state index contributed by atoms with van der Waals surface area (Å²) in [5, 5.41) is 4.43. The second-order valence-corrected chi connectivity index (χ2v) is 6.34. The SMILES string of the molecule is C=C(CCn1nc2n(c1=O)C(c1cc(C)cc(F)c1)CC2)COC. The van der Waals surface area contributed by atoms with Crippen molar-refractivity contribution in [3.8, 4) is 0 Å². The second kappa shape index (κ2) is 6.73. The number of hydrogen-bond acceptors (Lipinski definition) is 3. The fraction of sp³-hybridized carbons (Fsp3) is 0.444. The van der Waals surface area contributed by atoms with Gasteiger partial charge in [-0.25, -0.2) is 13.9 Å². The van der Waals surface area contributed by atoms with E-state index in [1.807, 2.05) is 13.0 Å². The van der Waals surface area contributed by atoms with Crippen LogP contribution >= 0.6 is 0 Å². The fourth-order valence-corrected chi connectivity index (χ4v) is 3.30. The van der Waals surface area contributed by atoms with Crippen LogP contribution in [0.4, 0.5) is 4.39 Å². The summed E-state index contributed by atoms with van der Waals surface area (Å²) in [5.41, 5.74) is 2.47. The van der Waals surface area contributed by atoms with E-state index in [1.54, 1.807) is 11.7 Å². The summed E-state index contributed by atoms with van der Waals surface area (Å²) < 4.78 is 21.9. The summed E-state index contributed by atoms with van der Waals surface area (Å²) in [5.74, 6) is 0.499. The lowest BCUT2D eigenvalue weighted by atomic mass is 10.0. The third-order valence-electron chi connectivity index (χ3n) is 4.37. The number of aromatic nitrogens is 3. The first-order chi connectivity index (χ1) is 11.5. The van der Waals surface area contributed by atoms with Crippen LogP contribution in [-0.4, -0.2) is 28.1 Å². The molecule has 0 fully saturated rings. The van der Waals surface area contributed by atoms with Crippen molar-refractivity contribution in [2.24, 2.45) is 0 Å². The van der Waals surface area contributed by atoms with Gasteiger partial charge in [-0.2, -0.15) is 5.10 Å². The summed E-state index contributed by atoms with van der Waals surface area (Å²) in [4.78, 5) is 12.7. The molecule has 2 heterocycles. The molecule has 1 aromatic heterocycles. The van der Waals surface area contributed by atoms with Gasteiger partial charge in [0.15, 0.2) is 0 Å². The molecule has 1 aliphatic rings. The normalized spacial score (nSPS) is 16.4. The fourth-order valence-electron chi connectivity index (χ4n) is 3.30. The number of benzene rings is 1. The first-order valence-corrected chi connectivity index (χ1v) is 8.10. The van der Waals surface area contributed by atoms with Gasteiger partial charge in [-0.05, 0) is 43.0 Å². The van der Waals surface area contributed by atoms with Crippen LogP contribution in [0, 0.1) is 12.7 Å². The van der Waals surface area contributed by atoms with Crippen molar-refractivity contribution in [2.75, 3.05) is 13.7 Å². The van der Waals surface area contributed by atoms with Gasteiger partial charge < -0.3 is 4.74 Å². The maximum absolute atomic E-state index is 13.7. The topological polar surface area (TPSA) is 49.0 Å². The molecule has 128 valence electrons. The molecule has 1 aromatic carbocycles. The van der Waals surface area contributed by atoms with Gasteiger partial charge in [0.05, 0.1) is 19.2 Å². The van der Waals surface area contributed by atoms with Crippen LogP contribution in [0.25, 0.3) is 0 Å². The Morgan fingerprint density at radius 3 is 2.96 bits per heavy atom. The molecule has 0 bridgehead atoms. The predicted octanol–water partition coefficient (Wildman–Crippen LogP) is 2.62. The zero-order chi connectivity index (χ0) is 17.3. The van der Waals surface area contributed by atoms with Crippen LogP contribution in [0.1, 0.15) is 35.8 Å². The molecule has 0 N–H and O–H groups in total. The molecule has 5 nitrogen and oxygen atoms in total. The number of rotatable bonds is 6. The van der Waals surface area contributed by atoms with Crippen molar-refractivity contribution in [1.29, 1.82) is 0 Å². The molecule has 0 aliphatic carbocycles. The Labute approximate surface area is 140 Å². The molecule has 1 atom stereocenters. The lowest BCUT2D eigenvalue weighted by Crippen LogP contribution is -2.27.